The molecule has 6 heteroatoms. The summed E-state index contributed by atoms with van der Waals surface area (Å²) in [7, 11) is 0. The molecule has 0 saturated carbocycles. The van der Waals surface area contributed by atoms with Crippen molar-refractivity contribution in [3.05, 3.63) is 35.9 Å². The van der Waals surface area contributed by atoms with Crippen molar-refractivity contribution in [3.63, 3.8) is 0 Å². The summed E-state index contributed by atoms with van der Waals surface area (Å²) >= 11 is 0. The van der Waals surface area contributed by atoms with Crippen LogP contribution in [0.2, 0.25) is 0 Å². The van der Waals surface area contributed by atoms with Gasteiger partial charge in [0.25, 0.3) is 0 Å². The van der Waals surface area contributed by atoms with E-state index in [1.165, 1.54) is 0 Å². The third-order valence-electron chi connectivity index (χ3n) is 2.94. The number of nitrogens with zero attached hydrogens (tertiary/aromatic N) is 2. The lowest BCUT2D eigenvalue weighted by molar-refractivity contribution is 0.0321. The number of carboxylic acid groups (broad SMARTS) is 1. The van der Waals surface area contributed by atoms with E-state index in [0.29, 0.717) is 5.56 Å². The minimum absolute atomic E-state index is 0.0339. The minimum atomic E-state index is -1.18. The van der Waals surface area contributed by atoms with Crippen molar-refractivity contribution >= 4 is 12.1 Å². The number of rotatable bonds is 2. The van der Waals surface area contributed by atoms with Gasteiger partial charge in [0.15, 0.2) is 0 Å². The smallest absolute Gasteiger partial charge is 0.408 e. The third kappa shape index (κ3) is 2.83. The molecule has 1 amide bonds. The van der Waals surface area contributed by atoms with Crippen LogP contribution in [0, 0.1) is 11.3 Å². The Labute approximate surface area is 109 Å². The number of ether oxygens (including phenoxy) is 1. The van der Waals surface area contributed by atoms with Crippen molar-refractivity contribution in [1.29, 1.82) is 5.26 Å². The number of hydrogen-bond acceptors (Lipinski definition) is 4. The Morgan fingerprint density at radius 3 is 2.58 bits per heavy atom. The van der Waals surface area contributed by atoms with Crippen LogP contribution in [0.1, 0.15) is 16.8 Å². The fourth-order valence-electron chi connectivity index (χ4n) is 2.01. The van der Waals surface area contributed by atoms with Crippen LogP contribution in [0.25, 0.3) is 0 Å². The van der Waals surface area contributed by atoms with Crippen molar-refractivity contribution in [3.8, 4) is 6.07 Å². The largest absolute Gasteiger partial charge is 0.465 e. The standard InChI is InChI=1S/C13H12N2O4/c14-7-10-6-11(8-15(10)13(17)18)19-12(16)9-4-2-1-3-5-9/h1-5,10-11H,6,8H2,(H,17,18). The Balaban J connectivity index is 2.00. The summed E-state index contributed by atoms with van der Waals surface area (Å²) < 4.78 is 5.21. The summed E-state index contributed by atoms with van der Waals surface area (Å²) in [6.07, 6.45) is -1.54. The first kappa shape index (κ1) is 12.9. The van der Waals surface area contributed by atoms with Gasteiger partial charge >= 0.3 is 12.1 Å². The molecule has 1 aliphatic heterocycles. The zero-order chi connectivity index (χ0) is 13.8. The Morgan fingerprint density at radius 1 is 1.37 bits per heavy atom. The number of esters is 1. The molecule has 0 radical (unpaired) electrons. The van der Waals surface area contributed by atoms with Gasteiger partial charge in [-0.1, -0.05) is 18.2 Å². The van der Waals surface area contributed by atoms with Crippen molar-refractivity contribution in [2.45, 2.75) is 18.6 Å². The summed E-state index contributed by atoms with van der Waals surface area (Å²) in [5.41, 5.74) is 0.407. The summed E-state index contributed by atoms with van der Waals surface area (Å²) in [6, 6.07) is 9.58. The van der Waals surface area contributed by atoms with Gasteiger partial charge < -0.3 is 9.84 Å². The lowest BCUT2D eigenvalue weighted by Crippen LogP contribution is -2.34. The zero-order valence-corrected chi connectivity index (χ0v) is 10.0. The fraction of sp³-hybridized carbons (Fsp3) is 0.308. The monoisotopic (exact) mass is 260 g/mol. The van der Waals surface area contributed by atoms with Crippen molar-refractivity contribution in [2.24, 2.45) is 0 Å². The molecule has 0 bridgehead atoms. The number of carbonyl (C=O) groups excluding carboxylic acids is 1. The molecule has 1 aliphatic rings. The molecule has 1 fully saturated rings. The molecule has 0 spiro atoms. The quantitative estimate of drug-likeness (QED) is 0.813. The highest BCUT2D eigenvalue weighted by Gasteiger charge is 2.37. The van der Waals surface area contributed by atoms with Crippen LogP contribution in [-0.4, -0.2) is 40.8 Å². The van der Waals surface area contributed by atoms with Gasteiger partial charge in [0.05, 0.1) is 18.2 Å². The van der Waals surface area contributed by atoms with Gasteiger partial charge in [-0.05, 0) is 12.1 Å². The first-order valence-corrected chi connectivity index (χ1v) is 5.77. The highest BCUT2D eigenvalue weighted by atomic mass is 16.5. The van der Waals surface area contributed by atoms with E-state index in [2.05, 4.69) is 0 Å². The summed E-state index contributed by atoms with van der Waals surface area (Å²) in [5, 5.41) is 17.8. The molecule has 0 aliphatic carbocycles. The van der Waals surface area contributed by atoms with Gasteiger partial charge in [-0.15, -0.1) is 0 Å². The predicted octanol–water partition coefficient (Wildman–Crippen LogP) is 1.49. The predicted molar refractivity (Wildman–Crippen MR) is 64.4 cm³/mol. The molecule has 1 heterocycles. The highest BCUT2D eigenvalue weighted by molar-refractivity contribution is 5.89. The molecule has 1 aromatic rings. The average molecular weight is 260 g/mol. The Bertz CT molecular complexity index is 523. The van der Waals surface area contributed by atoms with Gasteiger partial charge in [0.1, 0.15) is 12.1 Å². The van der Waals surface area contributed by atoms with Gasteiger partial charge in [-0.3, -0.25) is 4.90 Å². The van der Waals surface area contributed by atoms with Crippen LogP contribution in [0.3, 0.4) is 0 Å². The lowest BCUT2D eigenvalue weighted by atomic mass is 10.2. The van der Waals surface area contributed by atoms with E-state index < -0.39 is 24.2 Å². The Hall–Kier alpha value is -2.55. The van der Waals surface area contributed by atoms with Gasteiger partial charge in [-0.2, -0.15) is 5.26 Å². The summed E-state index contributed by atoms with van der Waals surface area (Å²) in [5.74, 6) is -0.505. The third-order valence-corrected chi connectivity index (χ3v) is 2.94. The van der Waals surface area contributed by atoms with Gasteiger partial charge in [0.2, 0.25) is 0 Å². The van der Waals surface area contributed by atoms with Crippen LogP contribution < -0.4 is 0 Å². The van der Waals surface area contributed by atoms with Crippen molar-refractivity contribution in [1.82, 2.24) is 4.90 Å². The SMILES string of the molecule is N#CC1CC(OC(=O)c2ccccc2)CN1C(=O)O. The molecule has 0 aromatic heterocycles. The number of nitriles is 1. The molecule has 1 saturated heterocycles. The first-order valence-electron chi connectivity index (χ1n) is 5.77. The molecular formula is C13H12N2O4. The highest BCUT2D eigenvalue weighted by Crippen LogP contribution is 2.21. The first-order chi connectivity index (χ1) is 9.11. The summed E-state index contributed by atoms with van der Waals surface area (Å²) in [6.45, 7) is 0.0339. The molecule has 1 N–H and O–H groups in total. The van der Waals surface area contributed by atoms with E-state index in [1.807, 2.05) is 6.07 Å². The maximum Gasteiger partial charge on any atom is 0.408 e. The number of likely N-dealkylation sites (tertiary alicyclic amines) is 1. The maximum atomic E-state index is 11.8. The minimum Gasteiger partial charge on any atom is -0.465 e. The van der Waals surface area contributed by atoms with E-state index in [4.69, 9.17) is 15.1 Å². The van der Waals surface area contributed by atoms with Crippen LogP contribution >= 0.6 is 0 Å². The normalized spacial score (nSPS) is 21.7. The topological polar surface area (TPSA) is 90.6 Å². The molecule has 2 unspecified atom stereocenters. The second-order valence-electron chi connectivity index (χ2n) is 4.21. The zero-order valence-electron chi connectivity index (χ0n) is 10.0. The summed E-state index contributed by atoms with van der Waals surface area (Å²) in [4.78, 5) is 23.7. The van der Waals surface area contributed by atoms with Gasteiger partial charge in [-0.25, -0.2) is 9.59 Å². The Morgan fingerprint density at radius 2 is 2.05 bits per heavy atom. The van der Waals surface area contributed by atoms with E-state index in [-0.39, 0.29) is 13.0 Å². The van der Waals surface area contributed by atoms with E-state index in [1.54, 1.807) is 30.3 Å². The number of benzene rings is 1. The number of amides is 1. The molecule has 2 atom stereocenters. The molecule has 98 valence electrons. The fourth-order valence-corrected chi connectivity index (χ4v) is 2.01. The van der Waals surface area contributed by atoms with E-state index in [0.717, 1.165) is 4.90 Å². The van der Waals surface area contributed by atoms with Crippen LogP contribution in [-0.2, 0) is 4.74 Å². The van der Waals surface area contributed by atoms with Crippen molar-refractivity contribution < 1.29 is 19.4 Å². The van der Waals surface area contributed by atoms with Crippen molar-refractivity contribution in [2.75, 3.05) is 6.54 Å². The maximum absolute atomic E-state index is 11.8. The molecule has 19 heavy (non-hydrogen) atoms. The molecular weight excluding hydrogens is 248 g/mol. The lowest BCUT2D eigenvalue weighted by Gasteiger charge is -2.14. The average Bonchev–Trinajstić information content (AvgIpc) is 2.83. The van der Waals surface area contributed by atoms with Crippen LogP contribution in [0.5, 0.6) is 0 Å². The molecule has 6 nitrogen and oxygen atoms in total. The molecule has 2 rings (SSSR count). The second-order valence-corrected chi connectivity index (χ2v) is 4.21. The second kappa shape index (κ2) is 5.40. The van der Waals surface area contributed by atoms with E-state index in [9.17, 15) is 9.59 Å². The number of hydrogen-bond donors (Lipinski definition) is 1. The number of carbonyl (C=O) groups is 2. The Kier molecular flexibility index (Phi) is 3.66. The molecule has 1 aromatic carbocycles. The van der Waals surface area contributed by atoms with Crippen LogP contribution in [0.4, 0.5) is 4.79 Å². The van der Waals surface area contributed by atoms with E-state index >= 15 is 0 Å². The van der Waals surface area contributed by atoms with Crippen LogP contribution in [0.15, 0.2) is 30.3 Å². The van der Waals surface area contributed by atoms with Gasteiger partial charge in [0, 0.05) is 6.42 Å².